The van der Waals surface area contributed by atoms with Gasteiger partial charge in [-0.3, -0.25) is 4.79 Å². The monoisotopic (exact) mass is 507 g/mol. The molecule has 2 heterocycles. The van der Waals surface area contributed by atoms with E-state index >= 15 is 4.39 Å². The summed E-state index contributed by atoms with van der Waals surface area (Å²) in [6, 6.07) is 8.47. The molecular weight excluding hydrogens is 481 g/mol. The number of carbonyl (C=O) groups excluding carboxylic acids is 2. The summed E-state index contributed by atoms with van der Waals surface area (Å²) >= 11 is 6.28. The number of amides is 1. The van der Waals surface area contributed by atoms with E-state index in [1.54, 1.807) is 23.1 Å². The number of carbonyl (C=O) groups is 2. The molecule has 0 aliphatic carbocycles. The molecule has 0 bridgehead atoms. The molecule has 0 aromatic heterocycles. The van der Waals surface area contributed by atoms with Crippen molar-refractivity contribution in [1.82, 2.24) is 0 Å². The molecule has 0 N–H and O–H groups in total. The van der Waals surface area contributed by atoms with Crippen molar-refractivity contribution in [2.75, 3.05) is 25.2 Å². The third-order valence-electron chi connectivity index (χ3n) is 7.26. The van der Waals surface area contributed by atoms with Crippen LogP contribution in [0.5, 0.6) is 11.5 Å². The van der Waals surface area contributed by atoms with Gasteiger partial charge in [0.1, 0.15) is 12.0 Å². The second-order valence-corrected chi connectivity index (χ2v) is 9.67. The van der Waals surface area contributed by atoms with Crippen LogP contribution in [0, 0.1) is 19.7 Å². The SMILES string of the molecule is COc1ccc(C(=O)N2CCc3c2cc(C)c(CC=O)c3-c2cc(F)c3c(c2C)CCCO3)cc1Cl. The Balaban J connectivity index is 1.67. The Labute approximate surface area is 214 Å². The molecule has 5 nitrogen and oxygen atoms in total. The average Bonchev–Trinajstić information content (AvgIpc) is 3.29. The Bertz CT molecular complexity index is 1400. The van der Waals surface area contributed by atoms with Gasteiger partial charge in [0, 0.05) is 29.8 Å². The molecule has 36 heavy (non-hydrogen) atoms. The van der Waals surface area contributed by atoms with Crippen molar-refractivity contribution in [1.29, 1.82) is 0 Å². The molecule has 2 aliphatic heterocycles. The molecule has 7 heteroatoms. The van der Waals surface area contributed by atoms with Gasteiger partial charge in [0.15, 0.2) is 11.6 Å². The molecule has 3 aromatic carbocycles. The first-order chi connectivity index (χ1) is 17.3. The third kappa shape index (κ3) is 3.94. The predicted molar refractivity (Wildman–Crippen MR) is 138 cm³/mol. The summed E-state index contributed by atoms with van der Waals surface area (Å²) in [5.41, 5.74) is 7.38. The smallest absolute Gasteiger partial charge is 0.258 e. The number of aldehydes is 1. The minimum atomic E-state index is -0.392. The molecule has 5 rings (SSSR count). The van der Waals surface area contributed by atoms with Gasteiger partial charge in [0.2, 0.25) is 0 Å². The number of fused-ring (bicyclic) bond motifs is 2. The Kier molecular flexibility index (Phi) is 6.47. The van der Waals surface area contributed by atoms with E-state index < -0.39 is 5.82 Å². The van der Waals surface area contributed by atoms with E-state index in [2.05, 4.69) is 0 Å². The fourth-order valence-electron chi connectivity index (χ4n) is 5.48. The number of ether oxygens (including phenoxy) is 2. The minimum Gasteiger partial charge on any atom is -0.495 e. The minimum absolute atomic E-state index is 0.173. The zero-order chi connectivity index (χ0) is 25.6. The van der Waals surface area contributed by atoms with Gasteiger partial charge in [-0.2, -0.15) is 0 Å². The quantitative estimate of drug-likeness (QED) is 0.395. The van der Waals surface area contributed by atoms with Crippen LogP contribution >= 0.6 is 11.6 Å². The van der Waals surface area contributed by atoms with E-state index in [1.807, 2.05) is 19.9 Å². The summed E-state index contributed by atoms with van der Waals surface area (Å²) in [5, 5.41) is 0.364. The molecular formula is C29H27ClFNO4. The standard InChI is InChI=1S/C29H27ClFNO4/c1-16-13-25-21(8-10-32(25)29(34)18-6-7-26(35-3)23(30)14-18)27(19(16)9-11-33)22-15-24(31)28-20(17(22)2)5-4-12-36-28/h6-7,11,13-15H,4-5,8-10,12H2,1-3H3. The normalized spacial score (nSPS) is 14.2. The number of rotatable bonds is 5. The van der Waals surface area contributed by atoms with Crippen LogP contribution < -0.4 is 14.4 Å². The second kappa shape index (κ2) is 9.58. The number of nitrogens with zero attached hydrogens (tertiary/aromatic N) is 1. The summed E-state index contributed by atoms with van der Waals surface area (Å²) in [7, 11) is 1.53. The lowest BCUT2D eigenvalue weighted by Crippen LogP contribution is -2.29. The van der Waals surface area contributed by atoms with Crippen LogP contribution in [0.25, 0.3) is 11.1 Å². The van der Waals surface area contributed by atoms with Crippen molar-refractivity contribution in [2.45, 2.75) is 39.5 Å². The van der Waals surface area contributed by atoms with Crippen molar-refractivity contribution in [2.24, 2.45) is 0 Å². The van der Waals surface area contributed by atoms with Gasteiger partial charge in [-0.1, -0.05) is 11.6 Å². The molecule has 0 fully saturated rings. The van der Waals surface area contributed by atoms with Gasteiger partial charge in [-0.25, -0.2) is 4.39 Å². The number of hydrogen-bond acceptors (Lipinski definition) is 4. The van der Waals surface area contributed by atoms with Crippen LogP contribution in [0.2, 0.25) is 5.02 Å². The molecule has 0 saturated heterocycles. The highest BCUT2D eigenvalue weighted by Gasteiger charge is 2.32. The summed E-state index contributed by atoms with van der Waals surface area (Å²) < 4.78 is 26.1. The molecule has 2 aliphatic rings. The van der Waals surface area contributed by atoms with E-state index in [0.29, 0.717) is 41.7 Å². The number of anilines is 1. The number of methoxy groups -OCH3 is 1. The maximum Gasteiger partial charge on any atom is 0.258 e. The van der Waals surface area contributed by atoms with Gasteiger partial charge >= 0.3 is 0 Å². The van der Waals surface area contributed by atoms with E-state index in [9.17, 15) is 9.59 Å². The van der Waals surface area contributed by atoms with Crippen LogP contribution in [0.15, 0.2) is 30.3 Å². The Hall–Kier alpha value is -3.38. The van der Waals surface area contributed by atoms with Crippen LogP contribution in [-0.2, 0) is 24.1 Å². The van der Waals surface area contributed by atoms with Crippen LogP contribution in [-0.4, -0.2) is 32.5 Å². The lowest BCUT2D eigenvalue weighted by molar-refractivity contribution is -0.107. The Morgan fingerprint density at radius 1 is 1.19 bits per heavy atom. The number of benzene rings is 3. The Morgan fingerprint density at radius 3 is 2.72 bits per heavy atom. The van der Waals surface area contributed by atoms with Gasteiger partial charge < -0.3 is 19.2 Å². The molecule has 3 aromatic rings. The van der Waals surface area contributed by atoms with E-state index in [1.165, 1.54) is 13.2 Å². The zero-order valence-electron chi connectivity index (χ0n) is 20.5. The van der Waals surface area contributed by atoms with Gasteiger partial charge in [-0.15, -0.1) is 0 Å². The van der Waals surface area contributed by atoms with Crippen molar-refractivity contribution in [3.63, 3.8) is 0 Å². The summed E-state index contributed by atoms with van der Waals surface area (Å²) in [6.45, 7) is 4.90. The molecule has 186 valence electrons. The molecule has 0 spiro atoms. The lowest BCUT2D eigenvalue weighted by Gasteiger charge is -2.25. The van der Waals surface area contributed by atoms with Crippen LogP contribution in [0.1, 0.15) is 44.6 Å². The summed E-state index contributed by atoms with van der Waals surface area (Å²) in [6.07, 6.45) is 3.26. The first-order valence-electron chi connectivity index (χ1n) is 12.0. The number of halogens is 2. The highest BCUT2D eigenvalue weighted by Crippen LogP contribution is 2.45. The third-order valence-corrected chi connectivity index (χ3v) is 7.55. The molecule has 0 unspecified atom stereocenters. The highest BCUT2D eigenvalue weighted by atomic mass is 35.5. The van der Waals surface area contributed by atoms with E-state index in [4.69, 9.17) is 21.1 Å². The van der Waals surface area contributed by atoms with Crippen LogP contribution in [0.3, 0.4) is 0 Å². The van der Waals surface area contributed by atoms with Crippen molar-refractivity contribution >= 4 is 29.5 Å². The number of hydrogen-bond donors (Lipinski definition) is 0. The van der Waals surface area contributed by atoms with E-state index in [0.717, 1.165) is 63.8 Å². The zero-order valence-corrected chi connectivity index (χ0v) is 21.3. The largest absolute Gasteiger partial charge is 0.495 e. The summed E-state index contributed by atoms with van der Waals surface area (Å²) in [4.78, 5) is 26.9. The second-order valence-electron chi connectivity index (χ2n) is 9.26. The highest BCUT2D eigenvalue weighted by molar-refractivity contribution is 6.32. The Morgan fingerprint density at radius 2 is 2.00 bits per heavy atom. The van der Waals surface area contributed by atoms with Gasteiger partial charge in [-0.05, 0) is 96.8 Å². The maximum atomic E-state index is 15.2. The van der Waals surface area contributed by atoms with Crippen molar-refractivity contribution < 1.29 is 23.5 Å². The fourth-order valence-corrected chi connectivity index (χ4v) is 5.74. The van der Waals surface area contributed by atoms with Gasteiger partial charge in [0.25, 0.3) is 5.91 Å². The molecule has 0 saturated carbocycles. The first-order valence-corrected chi connectivity index (χ1v) is 12.4. The summed E-state index contributed by atoms with van der Waals surface area (Å²) in [5.74, 6) is 0.266. The maximum absolute atomic E-state index is 15.2. The van der Waals surface area contributed by atoms with E-state index in [-0.39, 0.29) is 12.3 Å². The molecule has 0 radical (unpaired) electrons. The fraction of sp³-hybridized carbons (Fsp3) is 0.310. The lowest BCUT2D eigenvalue weighted by atomic mass is 9.84. The van der Waals surface area contributed by atoms with Gasteiger partial charge in [0.05, 0.1) is 18.7 Å². The first kappa shape index (κ1) is 24.3. The topological polar surface area (TPSA) is 55.8 Å². The predicted octanol–water partition coefficient (Wildman–Crippen LogP) is 6.04. The molecule has 0 atom stereocenters. The van der Waals surface area contributed by atoms with Crippen molar-refractivity contribution in [3.05, 3.63) is 74.6 Å². The average molecular weight is 508 g/mol. The number of aryl methyl sites for hydroxylation is 1. The molecule has 1 amide bonds. The van der Waals surface area contributed by atoms with Crippen LogP contribution in [0.4, 0.5) is 10.1 Å². The van der Waals surface area contributed by atoms with Crippen molar-refractivity contribution in [3.8, 4) is 22.6 Å².